The van der Waals surface area contributed by atoms with Crippen LogP contribution < -0.4 is 10.6 Å². The largest absolute Gasteiger partial charge is 0.478 e. The lowest BCUT2D eigenvalue weighted by molar-refractivity contribution is 0.0697. The maximum absolute atomic E-state index is 11.0. The molecule has 0 amide bonds. The average molecular weight is 331 g/mol. The summed E-state index contributed by atoms with van der Waals surface area (Å²) in [5, 5.41) is 24.1. The second-order valence-corrected chi connectivity index (χ2v) is 5.12. The Kier molecular flexibility index (Phi) is 4.53. The SMILES string of the molecule is N#Cc1cccc(Nc2cc(Nc3cccc(C(=O)O)c3)ncn2)c1. The molecule has 0 bridgehead atoms. The highest BCUT2D eigenvalue weighted by molar-refractivity contribution is 5.89. The summed E-state index contributed by atoms with van der Waals surface area (Å²) < 4.78 is 0. The quantitative estimate of drug-likeness (QED) is 0.655. The number of rotatable bonds is 5. The minimum absolute atomic E-state index is 0.186. The monoisotopic (exact) mass is 331 g/mol. The van der Waals surface area contributed by atoms with E-state index in [2.05, 4.69) is 26.7 Å². The van der Waals surface area contributed by atoms with Gasteiger partial charge < -0.3 is 15.7 Å². The van der Waals surface area contributed by atoms with Crippen LogP contribution in [0.5, 0.6) is 0 Å². The molecule has 3 aromatic rings. The van der Waals surface area contributed by atoms with E-state index in [0.29, 0.717) is 22.9 Å². The molecule has 1 aromatic heterocycles. The molecular weight excluding hydrogens is 318 g/mol. The van der Waals surface area contributed by atoms with Crippen LogP contribution in [0.15, 0.2) is 60.9 Å². The van der Waals surface area contributed by atoms with E-state index >= 15 is 0 Å². The summed E-state index contributed by atoms with van der Waals surface area (Å²) in [7, 11) is 0. The van der Waals surface area contributed by atoms with Gasteiger partial charge in [0.1, 0.15) is 18.0 Å². The van der Waals surface area contributed by atoms with Gasteiger partial charge in [0.15, 0.2) is 0 Å². The predicted octanol–water partition coefficient (Wildman–Crippen LogP) is 3.53. The summed E-state index contributed by atoms with van der Waals surface area (Å²) in [6.45, 7) is 0. The molecule has 0 aliphatic heterocycles. The van der Waals surface area contributed by atoms with Crippen LogP contribution in [0.3, 0.4) is 0 Å². The van der Waals surface area contributed by atoms with Crippen molar-refractivity contribution < 1.29 is 9.90 Å². The molecule has 0 fully saturated rings. The number of hydrogen-bond acceptors (Lipinski definition) is 6. The molecule has 0 aliphatic carbocycles. The molecule has 0 unspecified atom stereocenters. The van der Waals surface area contributed by atoms with Gasteiger partial charge in [0.2, 0.25) is 0 Å². The van der Waals surface area contributed by atoms with E-state index in [-0.39, 0.29) is 5.56 Å². The molecule has 0 aliphatic rings. The van der Waals surface area contributed by atoms with E-state index in [1.165, 1.54) is 18.5 Å². The smallest absolute Gasteiger partial charge is 0.335 e. The lowest BCUT2D eigenvalue weighted by Crippen LogP contribution is -2.00. The number of carbonyl (C=O) groups is 1. The van der Waals surface area contributed by atoms with Crippen LogP contribution in [0.4, 0.5) is 23.0 Å². The van der Waals surface area contributed by atoms with Crippen molar-refractivity contribution >= 4 is 29.0 Å². The Hall–Kier alpha value is -3.92. The van der Waals surface area contributed by atoms with Gasteiger partial charge in [0.25, 0.3) is 0 Å². The molecule has 3 rings (SSSR count). The van der Waals surface area contributed by atoms with Crippen molar-refractivity contribution in [2.75, 3.05) is 10.6 Å². The fourth-order valence-corrected chi connectivity index (χ4v) is 2.19. The van der Waals surface area contributed by atoms with Crippen LogP contribution in [-0.4, -0.2) is 21.0 Å². The summed E-state index contributed by atoms with van der Waals surface area (Å²) in [6.07, 6.45) is 1.39. The number of carboxylic acid groups (broad SMARTS) is 1. The van der Waals surface area contributed by atoms with Crippen LogP contribution in [-0.2, 0) is 0 Å². The van der Waals surface area contributed by atoms with Gasteiger partial charge >= 0.3 is 5.97 Å². The number of benzene rings is 2. The first-order valence-corrected chi connectivity index (χ1v) is 7.34. The van der Waals surface area contributed by atoms with Crippen LogP contribution >= 0.6 is 0 Å². The Balaban J connectivity index is 1.78. The van der Waals surface area contributed by atoms with Crippen molar-refractivity contribution in [1.82, 2.24) is 9.97 Å². The number of anilines is 4. The van der Waals surface area contributed by atoms with Gasteiger partial charge in [0, 0.05) is 17.4 Å². The first-order valence-electron chi connectivity index (χ1n) is 7.34. The van der Waals surface area contributed by atoms with Crippen molar-refractivity contribution in [3.05, 3.63) is 72.1 Å². The molecule has 7 heteroatoms. The van der Waals surface area contributed by atoms with E-state index < -0.39 is 5.97 Å². The van der Waals surface area contributed by atoms with Crippen molar-refractivity contribution in [3.63, 3.8) is 0 Å². The number of aromatic carboxylic acids is 1. The third kappa shape index (κ3) is 4.09. The summed E-state index contributed by atoms with van der Waals surface area (Å²) in [6, 6.07) is 17.2. The van der Waals surface area contributed by atoms with Crippen molar-refractivity contribution in [3.8, 4) is 6.07 Å². The Labute approximate surface area is 143 Å². The fraction of sp³-hybridized carbons (Fsp3) is 0. The van der Waals surface area contributed by atoms with Gasteiger partial charge in [-0.1, -0.05) is 12.1 Å². The van der Waals surface area contributed by atoms with Crippen LogP contribution in [0, 0.1) is 11.3 Å². The van der Waals surface area contributed by atoms with E-state index in [9.17, 15) is 4.79 Å². The predicted molar refractivity (Wildman–Crippen MR) is 93.2 cm³/mol. The molecule has 0 radical (unpaired) electrons. The van der Waals surface area contributed by atoms with Gasteiger partial charge in [-0.2, -0.15) is 5.26 Å². The molecule has 0 saturated heterocycles. The van der Waals surface area contributed by atoms with E-state index in [0.717, 1.165) is 5.69 Å². The maximum Gasteiger partial charge on any atom is 0.335 e. The molecule has 1 heterocycles. The van der Waals surface area contributed by atoms with Crippen molar-refractivity contribution in [1.29, 1.82) is 5.26 Å². The first kappa shape index (κ1) is 16.0. The number of hydrogen-bond donors (Lipinski definition) is 3. The number of aromatic nitrogens is 2. The minimum Gasteiger partial charge on any atom is -0.478 e. The zero-order valence-corrected chi connectivity index (χ0v) is 13.0. The Bertz CT molecular complexity index is 965. The minimum atomic E-state index is -0.994. The maximum atomic E-state index is 11.0. The Morgan fingerprint density at radius 2 is 1.60 bits per heavy atom. The number of nitriles is 1. The standard InChI is InChI=1S/C18H13N5O2/c19-10-12-3-1-5-14(7-12)22-16-9-17(21-11-20-16)23-15-6-2-4-13(8-15)18(24)25/h1-9,11H,(H,24,25)(H2,20,21,22,23). The van der Waals surface area contributed by atoms with E-state index in [4.69, 9.17) is 10.4 Å². The summed E-state index contributed by atoms with van der Waals surface area (Å²) in [4.78, 5) is 19.3. The van der Waals surface area contributed by atoms with E-state index in [1.807, 2.05) is 6.07 Å². The van der Waals surface area contributed by atoms with Gasteiger partial charge in [-0.15, -0.1) is 0 Å². The molecule has 7 nitrogen and oxygen atoms in total. The second-order valence-electron chi connectivity index (χ2n) is 5.12. The Morgan fingerprint density at radius 3 is 2.24 bits per heavy atom. The highest BCUT2D eigenvalue weighted by atomic mass is 16.4. The lowest BCUT2D eigenvalue weighted by Gasteiger charge is -2.09. The van der Waals surface area contributed by atoms with E-state index in [1.54, 1.807) is 36.4 Å². The molecule has 25 heavy (non-hydrogen) atoms. The summed E-state index contributed by atoms with van der Waals surface area (Å²) in [5.74, 6) is 0.0597. The summed E-state index contributed by atoms with van der Waals surface area (Å²) >= 11 is 0. The van der Waals surface area contributed by atoms with Gasteiger partial charge in [0.05, 0.1) is 17.2 Å². The number of nitrogens with one attached hydrogen (secondary N) is 2. The normalized spacial score (nSPS) is 9.88. The van der Waals surface area contributed by atoms with Crippen molar-refractivity contribution in [2.24, 2.45) is 0 Å². The van der Waals surface area contributed by atoms with Crippen LogP contribution in [0.25, 0.3) is 0 Å². The van der Waals surface area contributed by atoms with Gasteiger partial charge in [-0.05, 0) is 36.4 Å². The van der Waals surface area contributed by atoms with Crippen molar-refractivity contribution in [2.45, 2.75) is 0 Å². The zero-order chi connectivity index (χ0) is 17.6. The third-order valence-corrected chi connectivity index (χ3v) is 3.31. The fourth-order valence-electron chi connectivity index (χ4n) is 2.19. The Morgan fingerprint density at radius 1 is 0.960 bits per heavy atom. The van der Waals surface area contributed by atoms with Gasteiger partial charge in [-0.25, -0.2) is 14.8 Å². The first-order chi connectivity index (χ1) is 12.1. The second kappa shape index (κ2) is 7.10. The van der Waals surface area contributed by atoms with Crippen LogP contribution in [0.1, 0.15) is 15.9 Å². The lowest BCUT2D eigenvalue weighted by atomic mass is 10.2. The summed E-state index contributed by atoms with van der Waals surface area (Å²) in [5.41, 5.74) is 2.07. The third-order valence-electron chi connectivity index (χ3n) is 3.31. The highest BCUT2D eigenvalue weighted by Crippen LogP contribution is 2.20. The molecule has 122 valence electrons. The molecule has 0 spiro atoms. The number of carboxylic acids is 1. The van der Waals surface area contributed by atoms with Gasteiger partial charge in [-0.3, -0.25) is 0 Å². The molecule has 2 aromatic carbocycles. The highest BCUT2D eigenvalue weighted by Gasteiger charge is 2.05. The average Bonchev–Trinajstić information content (AvgIpc) is 2.62. The van der Waals surface area contributed by atoms with Crippen LogP contribution in [0.2, 0.25) is 0 Å². The molecule has 3 N–H and O–H groups in total. The molecule has 0 atom stereocenters. The topological polar surface area (TPSA) is 111 Å². The number of nitrogens with zero attached hydrogens (tertiary/aromatic N) is 3. The molecular formula is C18H13N5O2. The molecule has 0 saturated carbocycles. The zero-order valence-electron chi connectivity index (χ0n) is 13.0.